The molecule has 0 aliphatic carbocycles. The van der Waals surface area contributed by atoms with Gasteiger partial charge in [0, 0.05) is 4.47 Å². The smallest absolute Gasteiger partial charge is 0.126 e. The lowest BCUT2D eigenvalue weighted by atomic mass is 9.97. The van der Waals surface area contributed by atoms with Crippen molar-refractivity contribution in [3.8, 4) is 0 Å². The molecule has 2 rings (SSSR count). The highest BCUT2D eigenvalue weighted by Crippen LogP contribution is 2.29. The number of benzene rings is 2. The summed E-state index contributed by atoms with van der Waals surface area (Å²) < 4.78 is 14.3. The molecule has 0 radical (unpaired) electrons. The lowest BCUT2D eigenvalue weighted by Crippen LogP contribution is -2.22. The first-order valence-electron chi connectivity index (χ1n) is 6.47. The second kappa shape index (κ2) is 6.70. The van der Waals surface area contributed by atoms with Crippen LogP contribution < -0.4 is 5.32 Å². The van der Waals surface area contributed by atoms with Crippen molar-refractivity contribution in [2.45, 2.75) is 19.9 Å². The van der Waals surface area contributed by atoms with Crippen molar-refractivity contribution in [3.63, 3.8) is 0 Å². The van der Waals surface area contributed by atoms with E-state index in [4.69, 9.17) is 11.6 Å². The molecule has 0 aromatic heterocycles. The van der Waals surface area contributed by atoms with E-state index in [-0.39, 0.29) is 11.9 Å². The van der Waals surface area contributed by atoms with Gasteiger partial charge in [-0.05, 0) is 64.3 Å². The van der Waals surface area contributed by atoms with Crippen LogP contribution in [0, 0.1) is 12.7 Å². The zero-order valence-electron chi connectivity index (χ0n) is 11.4. The number of hydrogen-bond donors (Lipinski definition) is 1. The van der Waals surface area contributed by atoms with E-state index in [1.54, 1.807) is 6.92 Å². The first-order chi connectivity index (χ1) is 9.52. The maximum Gasteiger partial charge on any atom is 0.126 e. The van der Waals surface area contributed by atoms with Crippen LogP contribution in [0.4, 0.5) is 4.39 Å². The van der Waals surface area contributed by atoms with Gasteiger partial charge < -0.3 is 5.32 Å². The zero-order chi connectivity index (χ0) is 14.7. The summed E-state index contributed by atoms with van der Waals surface area (Å²) in [6.07, 6.45) is 0. The maximum atomic E-state index is 13.4. The van der Waals surface area contributed by atoms with E-state index in [2.05, 4.69) is 21.2 Å². The van der Waals surface area contributed by atoms with Crippen LogP contribution in [0.3, 0.4) is 0 Å². The average Bonchev–Trinajstić information content (AvgIpc) is 2.43. The Morgan fingerprint density at radius 1 is 1.20 bits per heavy atom. The van der Waals surface area contributed by atoms with E-state index in [0.29, 0.717) is 10.6 Å². The predicted molar refractivity (Wildman–Crippen MR) is 85.8 cm³/mol. The quantitative estimate of drug-likeness (QED) is 0.789. The SMILES string of the molecule is CCNC(c1ccc(F)c(C)c1)c1ccc(Cl)c(Br)c1. The fraction of sp³-hybridized carbons (Fsp3) is 0.250. The van der Waals surface area contributed by atoms with Gasteiger partial charge in [0.25, 0.3) is 0 Å². The fourth-order valence-electron chi connectivity index (χ4n) is 2.17. The van der Waals surface area contributed by atoms with Crippen LogP contribution in [0.25, 0.3) is 0 Å². The van der Waals surface area contributed by atoms with Crippen LogP contribution in [0.2, 0.25) is 5.02 Å². The standard InChI is InChI=1S/C16H16BrClFN/c1-3-20-16(11-5-7-15(19)10(2)8-11)12-4-6-14(18)13(17)9-12/h4-9,16,20H,3H2,1-2H3. The molecular formula is C16H16BrClFN. The summed E-state index contributed by atoms with van der Waals surface area (Å²) in [7, 11) is 0. The van der Waals surface area contributed by atoms with Gasteiger partial charge >= 0.3 is 0 Å². The molecule has 0 heterocycles. The molecule has 4 heteroatoms. The minimum Gasteiger partial charge on any atom is -0.307 e. The van der Waals surface area contributed by atoms with Crippen molar-refractivity contribution in [1.29, 1.82) is 0 Å². The average molecular weight is 357 g/mol. The summed E-state index contributed by atoms with van der Waals surface area (Å²) in [5.74, 6) is -0.179. The molecule has 0 saturated carbocycles. The molecule has 1 N–H and O–H groups in total. The van der Waals surface area contributed by atoms with Crippen molar-refractivity contribution < 1.29 is 4.39 Å². The number of hydrogen-bond acceptors (Lipinski definition) is 1. The number of halogens is 3. The van der Waals surface area contributed by atoms with Crippen molar-refractivity contribution >= 4 is 27.5 Å². The highest BCUT2D eigenvalue weighted by molar-refractivity contribution is 9.10. The van der Waals surface area contributed by atoms with Crippen LogP contribution >= 0.6 is 27.5 Å². The van der Waals surface area contributed by atoms with Crippen LogP contribution in [0.5, 0.6) is 0 Å². The first kappa shape index (κ1) is 15.5. The first-order valence-corrected chi connectivity index (χ1v) is 7.64. The highest BCUT2D eigenvalue weighted by Gasteiger charge is 2.15. The van der Waals surface area contributed by atoms with E-state index in [1.165, 1.54) is 6.07 Å². The van der Waals surface area contributed by atoms with Gasteiger partial charge in [-0.3, -0.25) is 0 Å². The van der Waals surface area contributed by atoms with Gasteiger partial charge in [0.2, 0.25) is 0 Å². The molecule has 0 fully saturated rings. The molecule has 2 aromatic carbocycles. The Labute approximate surface area is 132 Å². The number of nitrogens with one attached hydrogen (secondary N) is 1. The van der Waals surface area contributed by atoms with E-state index in [9.17, 15) is 4.39 Å². The molecule has 0 bridgehead atoms. The van der Waals surface area contributed by atoms with Gasteiger partial charge in [0.15, 0.2) is 0 Å². The highest BCUT2D eigenvalue weighted by atomic mass is 79.9. The Morgan fingerprint density at radius 3 is 2.45 bits per heavy atom. The van der Waals surface area contributed by atoms with Crippen LogP contribution in [0.1, 0.15) is 29.7 Å². The normalized spacial score (nSPS) is 12.4. The lowest BCUT2D eigenvalue weighted by Gasteiger charge is -2.20. The Balaban J connectivity index is 2.44. The molecule has 1 nitrogen and oxygen atoms in total. The minimum absolute atomic E-state index is 0.0212. The van der Waals surface area contributed by atoms with E-state index >= 15 is 0 Å². The molecule has 0 amide bonds. The van der Waals surface area contributed by atoms with E-state index in [0.717, 1.165) is 22.1 Å². The molecule has 2 aromatic rings. The van der Waals surface area contributed by atoms with Gasteiger partial charge in [0.1, 0.15) is 5.82 Å². The molecule has 0 saturated heterocycles. The Morgan fingerprint density at radius 2 is 1.85 bits per heavy atom. The largest absolute Gasteiger partial charge is 0.307 e. The van der Waals surface area contributed by atoms with Crippen molar-refractivity contribution in [2.75, 3.05) is 6.54 Å². The van der Waals surface area contributed by atoms with E-state index in [1.807, 2.05) is 37.3 Å². The zero-order valence-corrected chi connectivity index (χ0v) is 13.7. The third-order valence-corrected chi connectivity index (χ3v) is 4.41. The van der Waals surface area contributed by atoms with Gasteiger partial charge in [0.05, 0.1) is 11.1 Å². The van der Waals surface area contributed by atoms with Gasteiger partial charge in [-0.1, -0.05) is 36.7 Å². The summed E-state index contributed by atoms with van der Waals surface area (Å²) in [5, 5.41) is 4.10. The summed E-state index contributed by atoms with van der Waals surface area (Å²) in [4.78, 5) is 0. The number of rotatable bonds is 4. The Hall–Kier alpha value is -0.900. The van der Waals surface area contributed by atoms with Crippen molar-refractivity contribution in [2.24, 2.45) is 0 Å². The topological polar surface area (TPSA) is 12.0 Å². The molecular weight excluding hydrogens is 341 g/mol. The summed E-state index contributed by atoms with van der Waals surface area (Å²) >= 11 is 9.48. The molecule has 1 atom stereocenters. The van der Waals surface area contributed by atoms with Gasteiger partial charge in [-0.25, -0.2) is 4.39 Å². The maximum absolute atomic E-state index is 13.4. The minimum atomic E-state index is -0.179. The number of aryl methyl sites for hydroxylation is 1. The summed E-state index contributed by atoms with van der Waals surface area (Å²) in [6.45, 7) is 4.65. The van der Waals surface area contributed by atoms with Crippen LogP contribution in [-0.4, -0.2) is 6.54 Å². The summed E-state index contributed by atoms with van der Waals surface area (Å²) in [6, 6.07) is 11.1. The Bertz CT molecular complexity index is 564. The van der Waals surface area contributed by atoms with Crippen molar-refractivity contribution in [1.82, 2.24) is 5.32 Å². The van der Waals surface area contributed by atoms with Gasteiger partial charge in [-0.2, -0.15) is 0 Å². The molecule has 0 spiro atoms. The Kier molecular flexibility index (Phi) is 5.19. The van der Waals surface area contributed by atoms with E-state index < -0.39 is 0 Å². The summed E-state index contributed by atoms with van der Waals surface area (Å²) in [5.41, 5.74) is 2.78. The van der Waals surface area contributed by atoms with Gasteiger partial charge in [-0.15, -0.1) is 0 Å². The third kappa shape index (κ3) is 3.40. The second-order valence-corrected chi connectivity index (χ2v) is 5.93. The lowest BCUT2D eigenvalue weighted by molar-refractivity contribution is 0.606. The third-order valence-electron chi connectivity index (χ3n) is 3.20. The predicted octanol–water partition coefficient (Wildman–Crippen LogP) is 5.25. The molecule has 0 aliphatic rings. The molecule has 1 unspecified atom stereocenters. The van der Waals surface area contributed by atoms with Crippen molar-refractivity contribution in [3.05, 3.63) is 68.4 Å². The second-order valence-electron chi connectivity index (χ2n) is 4.67. The van der Waals surface area contributed by atoms with Crippen LogP contribution in [-0.2, 0) is 0 Å². The fourth-order valence-corrected chi connectivity index (χ4v) is 2.69. The molecule has 20 heavy (non-hydrogen) atoms. The molecule has 0 aliphatic heterocycles. The van der Waals surface area contributed by atoms with Crippen LogP contribution in [0.15, 0.2) is 40.9 Å². The monoisotopic (exact) mass is 355 g/mol. The molecule has 106 valence electrons.